The Labute approximate surface area is 174 Å². The maximum absolute atomic E-state index is 12.8. The lowest BCUT2D eigenvalue weighted by atomic mass is 10.2. The summed E-state index contributed by atoms with van der Waals surface area (Å²) in [5.41, 5.74) is 0.459. The number of para-hydroxylation sites is 1. The molecule has 0 amide bonds. The zero-order valence-corrected chi connectivity index (χ0v) is 17.0. The molecule has 7 nitrogen and oxygen atoms in total. The summed E-state index contributed by atoms with van der Waals surface area (Å²) in [5.74, 6) is 1.91. The zero-order chi connectivity index (χ0) is 19.8. The van der Waals surface area contributed by atoms with Gasteiger partial charge in [-0.2, -0.15) is 5.26 Å². The fourth-order valence-corrected chi connectivity index (χ4v) is 4.96. The van der Waals surface area contributed by atoms with Crippen LogP contribution in [0.4, 0.5) is 0 Å². The van der Waals surface area contributed by atoms with Crippen molar-refractivity contribution >= 4 is 34.0 Å². The first kappa shape index (κ1) is 18.1. The van der Waals surface area contributed by atoms with E-state index < -0.39 is 0 Å². The van der Waals surface area contributed by atoms with E-state index in [1.807, 2.05) is 23.6 Å². The lowest BCUT2D eigenvalue weighted by Gasteiger charge is -2.11. The zero-order valence-electron chi connectivity index (χ0n) is 15.4. The molecule has 0 unspecified atom stereocenters. The largest absolute Gasteiger partial charge is 0.298 e. The van der Waals surface area contributed by atoms with E-state index in [4.69, 9.17) is 0 Å². The molecule has 1 aliphatic carbocycles. The summed E-state index contributed by atoms with van der Waals surface area (Å²) in [6, 6.07) is 13.8. The van der Waals surface area contributed by atoms with Gasteiger partial charge in [-0.1, -0.05) is 30.0 Å². The fraction of sp³-hybridized carbons (Fsp3) is 0.250. The third-order valence-corrected chi connectivity index (χ3v) is 6.62. The van der Waals surface area contributed by atoms with Crippen LogP contribution in [0.2, 0.25) is 0 Å². The predicted molar refractivity (Wildman–Crippen MR) is 113 cm³/mol. The first-order valence-corrected chi connectivity index (χ1v) is 11.1. The van der Waals surface area contributed by atoms with E-state index >= 15 is 0 Å². The van der Waals surface area contributed by atoms with Gasteiger partial charge in [0.1, 0.15) is 12.4 Å². The molecule has 5 rings (SSSR count). The third kappa shape index (κ3) is 3.34. The Hall–Kier alpha value is -2.96. The van der Waals surface area contributed by atoms with E-state index in [0.717, 1.165) is 28.7 Å². The quantitative estimate of drug-likeness (QED) is 0.440. The molecule has 1 aliphatic rings. The number of rotatable bonds is 6. The van der Waals surface area contributed by atoms with Gasteiger partial charge in [0.15, 0.2) is 11.0 Å². The minimum Gasteiger partial charge on any atom is -0.298 e. The first-order chi connectivity index (χ1) is 14.3. The SMILES string of the molecule is N#CCn1c(CSc2nnc(-c3cccs3)n2C2CC2)nc2ccccc2c1=O. The summed E-state index contributed by atoms with van der Waals surface area (Å²) in [6.07, 6.45) is 2.24. The molecule has 0 spiro atoms. The van der Waals surface area contributed by atoms with Gasteiger partial charge in [-0.05, 0) is 36.4 Å². The molecule has 3 aromatic heterocycles. The number of nitrogens with zero attached hydrogens (tertiary/aromatic N) is 6. The van der Waals surface area contributed by atoms with E-state index in [0.29, 0.717) is 28.5 Å². The number of fused-ring (bicyclic) bond motifs is 1. The molecule has 144 valence electrons. The normalized spacial score (nSPS) is 13.6. The molecule has 1 aromatic carbocycles. The standard InChI is InChI=1S/C20H16N6OS2/c21-9-10-25-17(22-15-5-2-1-4-14(15)19(25)27)12-29-20-24-23-18(16-6-3-11-28-16)26(20)13-7-8-13/h1-6,11,13H,7-8,10,12H2. The molecule has 0 bridgehead atoms. The summed E-state index contributed by atoms with van der Waals surface area (Å²) in [5, 5.41) is 21.4. The molecule has 1 fully saturated rings. The van der Waals surface area contributed by atoms with Gasteiger partial charge in [0.2, 0.25) is 0 Å². The summed E-state index contributed by atoms with van der Waals surface area (Å²) < 4.78 is 3.65. The Morgan fingerprint density at radius 3 is 2.83 bits per heavy atom. The maximum Gasteiger partial charge on any atom is 0.262 e. The molecule has 9 heteroatoms. The van der Waals surface area contributed by atoms with E-state index in [-0.39, 0.29) is 12.1 Å². The van der Waals surface area contributed by atoms with Crippen molar-refractivity contribution < 1.29 is 0 Å². The van der Waals surface area contributed by atoms with Crippen molar-refractivity contribution in [2.24, 2.45) is 0 Å². The Morgan fingerprint density at radius 1 is 1.21 bits per heavy atom. The third-order valence-electron chi connectivity index (χ3n) is 4.82. The Morgan fingerprint density at radius 2 is 2.07 bits per heavy atom. The van der Waals surface area contributed by atoms with Gasteiger partial charge >= 0.3 is 0 Å². The molecule has 1 saturated carbocycles. The second-order valence-corrected chi connectivity index (χ2v) is 8.66. The number of thioether (sulfide) groups is 1. The van der Waals surface area contributed by atoms with Crippen LogP contribution in [-0.2, 0) is 12.3 Å². The summed E-state index contributed by atoms with van der Waals surface area (Å²) in [4.78, 5) is 18.6. The van der Waals surface area contributed by atoms with E-state index in [9.17, 15) is 10.1 Å². The van der Waals surface area contributed by atoms with Crippen molar-refractivity contribution in [3.8, 4) is 16.8 Å². The minimum absolute atomic E-state index is 0.0255. The Balaban J connectivity index is 1.51. The molecule has 29 heavy (non-hydrogen) atoms. The summed E-state index contributed by atoms with van der Waals surface area (Å²) >= 11 is 3.16. The van der Waals surface area contributed by atoms with Gasteiger partial charge in [0, 0.05) is 6.04 Å². The molecule has 3 heterocycles. The lowest BCUT2D eigenvalue weighted by molar-refractivity contribution is 0.668. The molecule has 0 saturated heterocycles. The van der Waals surface area contributed by atoms with Crippen molar-refractivity contribution in [1.82, 2.24) is 24.3 Å². The van der Waals surface area contributed by atoms with Gasteiger partial charge in [0.05, 0.1) is 27.6 Å². The summed E-state index contributed by atoms with van der Waals surface area (Å²) in [7, 11) is 0. The number of thiophene rings is 1. The van der Waals surface area contributed by atoms with Crippen LogP contribution >= 0.6 is 23.1 Å². The number of nitriles is 1. The second kappa shape index (κ2) is 7.46. The molecule has 0 radical (unpaired) electrons. The van der Waals surface area contributed by atoms with Gasteiger partial charge in [-0.25, -0.2) is 4.98 Å². The highest BCUT2D eigenvalue weighted by Gasteiger charge is 2.30. The first-order valence-electron chi connectivity index (χ1n) is 9.23. The van der Waals surface area contributed by atoms with Crippen LogP contribution in [-0.4, -0.2) is 24.3 Å². The highest BCUT2D eigenvalue weighted by atomic mass is 32.2. The molecule has 0 N–H and O–H groups in total. The monoisotopic (exact) mass is 420 g/mol. The number of hydrogen-bond acceptors (Lipinski definition) is 7. The second-order valence-electron chi connectivity index (χ2n) is 6.77. The highest BCUT2D eigenvalue weighted by Crippen LogP contribution is 2.42. The Kier molecular flexibility index (Phi) is 4.66. The van der Waals surface area contributed by atoms with Crippen LogP contribution < -0.4 is 5.56 Å². The summed E-state index contributed by atoms with van der Waals surface area (Å²) in [6.45, 7) is -0.0255. The van der Waals surface area contributed by atoms with Gasteiger partial charge in [-0.3, -0.25) is 13.9 Å². The topological polar surface area (TPSA) is 89.4 Å². The fourth-order valence-electron chi connectivity index (χ4n) is 3.30. The molecular formula is C20H16N6OS2. The van der Waals surface area contributed by atoms with Crippen LogP contribution in [0.25, 0.3) is 21.6 Å². The van der Waals surface area contributed by atoms with Crippen LogP contribution in [0.15, 0.2) is 51.7 Å². The van der Waals surface area contributed by atoms with E-state index in [2.05, 4.69) is 31.9 Å². The maximum atomic E-state index is 12.8. The van der Waals surface area contributed by atoms with Crippen molar-refractivity contribution in [2.75, 3.05) is 0 Å². The molecule has 4 aromatic rings. The van der Waals surface area contributed by atoms with E-state index in [1.165, 1.54) is 16.3 Å². The number of hydrogen-bond donors (Lipinski definition) is 0. The lowest BCUT2D eigenvalue weighted by Crippen LogP contribution is -2.24. The average molecular weight is 421 g/mol. The molecular weight excluding hydrogens is 404 g/mol. The number of benzene rings is 1. The number of aromatic nitrogens is 5. The van der Waals surface area contributed by atoms with Gasteiger partial charge < -0.3 is 0 Å². The van der Waals surface area contributed by atoms with Crippen molar-refractivity contribution in [3.05, 3.63) is 58.0 Å². The van der Waals surface area contributed by atoms with E-state index in [1.54, 1.807) is 23.5 Å². The Bertz CT molecular complexity index is 1280. The van der Waals surface area contributed by atoms with Crippen molar-refractivity contribution in [3.63, 3.8) is 0 Å². The van der Waals surface area contributed by atoms with Crippen LogP contribution in [0.1, 0.15) is 24.7 Å². The van der Waals surface area contributed by atoms with Crippen LogP contribution in [0.5, 0.6) is 0 Å². The highest BCUT2D eigenvalue weighted by molar-refractivity contribution is 7.98. The van der Waals surface area contributed by atoms with Crippen molar-refractivity contribution in [2.45, 2.75) is 36.3 Å². The molecule has 0 atom stereocenters. The smallest absolute Gasteiger partial charge is 0.262 e. The van der Waals surface area contributed by atoms with Gasteiger partial charge in [-0.15, -0.1) is 21.5 Å². The predicted octanol–water partition coefficient (Wildman–Crippen LogP) is 3.87. The van der Waals surface area contributed by atoms with Gasteiger partial charge in [0.25, 0.3) is 5.56 Å². The van der Waals surface area contributed by atoms with Crippen LogP contribution in [0.3, 0.4) is 0 Å². The van der Waals surface area contributed by atoms with Crippen LogP contribution in [0, 0.1) is 11.3 Å². The average Bonchev–Trinajstić information content (AvgIpc) is 3.25. The minimum atomic E-state index is -0.185. The molecule has 0 aliphatic heterocycles. The van der Waals surface area contributed by atoms with Crippen molar-refractivity contribution in [1.29, 1.82) is 5.26 Å².